The summed E-state index contributed by atoms with van der Waals surface area (Å²) in [6.07, 6.45) is 2.19. The minimum Gasteiger partial charge on any atom is -0.368 e. The third-order valence-corrected chi connectivity index (χ3v) is 3.50. The monoisotopic (exact) mass is 324 g/mol. The van der Waals surface area contributed by atoms with Crippen molar-refractivity contribution in [3.8, 4) is 0 Å². The summed E-state index contributed by atoms with van der Waals surface area (Å²) in [5.41, 5.74) is 0.457. The van der Waals surface area contributed by atoms with Gasteiger partial charge in [-0.15, -0.1) is 0 Å². The SMILES string of the molecule is NS(=O)(=O)c1ccc(NCNc2ncc([N+](=O)[O-])cn2)cc1. The van der Waals surface area contributed by atoms with Crippen LogP contribution in [0.25, 0.3) is 0 Å². The molecule has 116 valence electrons. The maximum atomic E-state index is 11.1. The molecule has 2 rings (SSSR count). The molecule has 0 bridgehead atoms. The van der Waals surface area contributed by atoms with E-state index in [0.717, 1.165) is 12.4 Å². The molecule has 2 aromatic rings. The predicted octanol–water partition coefficient (Wildman–Crippen LogP) is 0.514. The van der Waals surface area contributed by atoms with E-state index in [4.69, 9.17) is 5.14 Å². The van der Waals surface area contributed by atoms with Gasteiger partial charge in [-0.2, -0.15) is 0 Å². The number of nitrogens with zero attached hydrogens (tertiary/aromatic N) is 3. The summed E-state index contributed by atoms with van der Waals surface area (Å²) >= 11 is 0. The Morgan fingerprint density at radius 3 is 2.23 bits per heavy atom. The Bertz CT molecular complexity index is 760. The normalized spacial score (nSPS) is 11.0. The predicted molar refractivity (Wildman–Crippen MR) is 78.6 cm³/mol. The number of hydrogen-bond donors (Lipinski definition) is 3. The van der Waals surface area contributed by atoms with Gasteiger partial charge in [0.1, 0.15) is 12.4 Å². The molecule has 10 nitrogen and oxygen atoms in total. The molecule has 11 heteroatoms. The van der Waals surface area contributed by atoms with Crippen molar-refractivity contribution in [3.63, 3.8) is 0 Å². The molecular weight excluding hydrogens is 312 g/mol. The smallest absolute Gasteiger partial charge is 0.305 e. The molecule has 0 fully saturated rings. The first-order valence-corrected chi connectivity index (χ1v) is 7.48. The molecule has 0 radical (unpaired) electrons. The summed E-state index contributed by atoms with van der Waals surface area (Å²) in [6, 6.07) is 5.86. The van der Waals surface area contributed by atoms with Crippen molar-refractivity contribution >= 4 is 27.3 Å². The van der Waals surface area contributed by atoms with Crippen molar-refractivity contribution in [1.29, 1.82) is 0 Å². The van der Waals surface area contributed by atoms with Crippen LogP contribution in [-0.2, 0) is 10.0 Å². The van der Waals surface area contributed by atoms with Gasteiger partial charge in [0.15, 0.2) is 0 Å². The van der Waals surface area contributed by atoms with Crippen LogP contribution in [-0.4, -0.2) is 30.0 Å². The van der Waals surface area contributed by atoms with Crippen LogP contribution in [0.2, 0.25) is 0 Å². The second-order valence-electron chi connectivity index (χ2n) is 4.12. The fraction of sp³-hybridized carbons (Fsp3) is 0.0909. The van der Waals surface area contributed by atoms with E-state index < -0.39 is 14.9 Å². The highest BCUT2D eigenvalue weighted by Crippen LogP contribution is 2.12. The number of nitrogens with one attached hydrogen (secondary N) is 2. The Hall–Kier alpha value is -2.79. The molecule has 1 aromatic carbocycles. The average Bonchev–Trinajstić information content (AvgIpc) is 2.47. The van der Waals surface area contributed by atoms with Crippen LogP contribution in [0.4, 0.5) is 17.3 Å². The van der Waals surface area contributed by atoms with E-state index in [0.29, 0.717) is 5.69 Å². The highest BCUT2D eigenvalue weighted by molar-refractivity contribution is 7.89. The van der Waals surface area contributed by atoms with Gasteiger partial charge in [0.25, 0.3) is 0 Å². The van der Waals surface area contributed by atoms with Gasteiger partial charge in [0.2, 0.25) is 16.0 Å². The number of nitro groups is 1. The van der Waals surface area contributed by atoms with Gasteiger partial charge in [-0.25, -0.2) is 23.5 Å². The second kappa shape index (κ2) is 6.32. The second-order valence-corrected chi connectivity index (χ2v) is 5.68. The molecule has 0 atom stereocenters. The molecule has 0 unspecified atom stereocenters. The number of nitrogens with two attached hydrogens (primary N) is 1. The Morgan fingerprint density at radius 2 is 1.73 bits per heavy atom. The lowest BCUT2D eigenvalue weighted by Gasteiger charge is -2.08. The topological polar surface area (TPSA) is 153 Å². The van der Waals surface area contributed by atoms with Crippen molar-refractivity contribution < 1.29 is 13.3 Å². The number of rotatable bonds is 6. The number of sulfonamides is 1. The summed E-state index contributed by atoms with van der Waals surface area (Å²) in [5, 5.41) is 21.2. The van der Waals surface area contributed by atoms with Gasteiger partial charge >= 0.3 is 5.69 Å². The zero-order valence-electron chi connectivity index (χ0n) is 11.1. The highest BCUT2D eigenvalue weighted by atomic mass is 32.2. The Labute approximate surface area is 125 Å². The van der Waals surface area contributed by atoms with Gasteiger partial charge in [-0.1, -0.05) is 0 Å². The summed E-state index contributed by atoms with van der Waals surface area (Å²) < 4.78 is 22.2. The maximum Gasteiger partial charge on any atom is 0.305 e. The molecule has 22 heavy (non-hydrogen) atoms. The van der Waals surface area contributed by atoms with Crippen molar-refractivity contribution in [3.05, 3.63) is 46.8 Å². The average molecular weight is 324 g/mol. The van der Waals surface area contributed by atoms with Crippen LogP contribution in [0.1, 0.15) is 0 Å². The molecule has 1 heterocycles. The fourth-order valence-corrected chi connectivity index (χ4v) is 2.01. The van der Waals surface area contributed by atoms with Crippen LogP contribution in [0.15, 0.2) is 41.6 Å². The zero-order chi connectivity index (χ0) is 16.2. The Morgan fingerprint density at radius 1 is 1.14 bits per heavy atom. The molecule has 1 aromatic heterocycles. The lowest BCUT2D eigenvalue weighted by Crippen LogP contribution is -2.14. The molecule has 0 aliphatic carbocycles. The number of primary sulfonamides is 1. The van der Waals surface area contributed by atoms with Crippen molar-refractivity contribution in [2.75, 3.05) is 17.3 Å². The van der Waals surface area contributed by atoms with Crippen LogP contribution >= 0.6 is 0 Å². The van der Waals surface area contributed by atoms with Gasteiger partial charge < -0.3 is 10.6 Å². The van der Waals surface area contributed by atoms with Crippen molar-refractivity contribution in [2.24, 2.45) is 5.14 Å². The van der Waals surface area contributed by atoms with Gasteiger partial charge in [0, 0.05) is 5.69 Å². The first-order valence-electron chi connectivity index (χ1n) is 5.93. The number of anilines is 2. The standard InChI is InChI=1S/C11H12N6O4S/c12-22(20,21)10-3-1-8(2-4-10)15-7-16-11-13-5-9(6-14-11)17(18)19/h1-6,15H,7H2,(H2,12,20,21)(H,13,14,16). The summed E-state index contributed by atoms with van der Waals surface area (Å²) in [6.45, 7) is 0.243. The first-order chi connectivity index (χ1) is 10.4. The fourth-order valence-electron chi connectivity index (χ4n) is 1.49. The zero-order valence-corrected chi connectivity index (χ0v) is 11.9. The molecule has 0 aliphatic rings. The van der Waals surface area contributed by atoms with E-state index in [2.05, 4.69) is 20.6 Å². The summed E-state index contributed by atoms with van der Waals surface area (Å²) in [5.74, 6) is 0.222. The first kappa shape index (κ1) is 15.6. The summed E-state index contributed by atoms with van der Waals surface area (Å²) in [4.78, 5) is 17.4. The van der Waals surface area contributed by atoms with E-state index in [-0.39, 0.29) is 23.2 Å². The lowest BCUT2D eigenvalue weighted by atomic mass is 10.3. The minimum atomic E-state index is -3.71. The van der Waals surface area contributed by atoms with E-state index in [1.807, 2.05) is 0 Å². The quantitative estimate of drug-likeness (QED) is 0.394. The molecule has 0 amide bonds. The van der Waals surface area contributed by atoms with Gasteiger partial charge in [-0.05, 0) is 24.3 Å². The van der Waals surface area contributed by atoms with Crippen LogP contribution in [0.3, 0.4) is 0 Å². The van der Waals surface area contributed by atoms with E-state index in [1.165, 1.54) is 12.1 Å². The van der Waals surface area contributed by atoms with Crippen LogP contribution in [0.5, 0.6) is 0 Å². The minimum absolute atomic E-state index is 0.0183. The van der Waals surface area contributed by atoms with Gasteiger partial charge in [-0.3, -0.25) is 10.1 Å². The molecular formula is C11H12N6O4S. The number of hydrogen-bond acceptors (Lipinski definition) is 8. The Balaban J connectivity index is 1.89. The maximum absolute atomic E-state index is 11.1. The molecule has 4 N–H and O–H groups in total. The number of aromatic nitrogens is 2. The van der Waals surface area contributed by atoms with Crippen LogP contribution in [0, 0.1) is 10.1 Å². The molecule has 0 aliphatic heterocycles. The largest absolute Gasteiger partial charge is 0.368 e. The van der Waals surface area contributed by atoms with Crippen molar-refractivity contribution in [2.45, 2.75) is 4.90 Å². The third kappa shape index (κ3) is 4.10. The summed E-state index contributed by atoms with van der Waals surface area (Å²) in [7, 11) is -3.71. The number of benzene rings is 1. The van der Waals surface area contributed by atoms with E-state index in [9.17, 15) is 18.5 Å². The van der Waals surface area contributed by atoms with Gasteiger partial charge in [0.05, 0.1) is 16.5 Å². The third-order valence-electron chi connectivity index (χ3n) is 2.57. The highest BCUT2D eigenvalue weighted by Gasteiger charge is 2.07. The van der Waals surface area contributed by atoms with E-state index in [1.54, 1.807) is 12.1 Å². The van der Waals surface area contributed by atoms with Crippen LogP contribution < -0.4 is 15.8 Å². The molecule has 0 saturated heterocycles. The Kier molecular flexibility index (Phi) is 4.48. The molecule has 0 saturated carbocycles. The molecule has 0 spiro atoms. The van der Waals surface area contributed by atoms with Crippen molar-refractivity contribution in [1.82, 2.24) is 9.97 Å². The lowest BCUT2D eigenvalue weighted by molar-refractivity contribution is -0.385. The van der Waals surface area contributed by atoms with E-state index >= 15 is 0 Å².